The van der Waals surface area contributed by atoms with Gasteiger partial charge in [0.05, 0.1) is 6.61 Å². The molecule has 0 radical (unpaired) electrons. The smallest absolute Gasteiger partial charge is 0.399 e. The molecule has 0 spiro atoms. The van der Waals surface area contributed by atoms with E-state index in [2.05, 4.69) is 15.5 Å². The molecular formula is C21H25F7O2. The van der Waals surface area contributed by atoms with Gasteiger partial charge in [-0.3, -0.25) is 0 Å². The molecule has 0 bridgehead atoms. The molecule has 0 N–H and O–H groups in total. The summed E-state index contributed by atoms with van der Waals surface area (Å²) in [6, 6.07) is 0.965. The van der Waals surface area contributed by atoms with Crippen LogP contribution in [0.15, 0.2) is 24.3 Å². The van der Waals surface area contributed by atoms with E-state index in [1.807, 2.05) is 13.0 Å². The predicted molar refractivity (Wildman–Crippen MR) is 96.9 cm³/mol. The minimum Gasteiger partial charge on any atom is -0.399 e. The maximum absolute atomic E-state index is 14.2. The summed E-state index contributed by atoms with van der Waals surface area (Å²) in [6.45, 7) is 1.11. The van der Waals surface area contributed by atoms with Gasteiger partial charge in [-0.05, 0) is 62.1 Å². The highest BCUT2D eigenvalue weighted by Crippen LogP contribution is 2.38. The lowest BCUT2D eigenvalue weighted by Crippen LogP contribution is -2.27. The lowest BCUT2D eigenvalue weighted by atomic mass is 9.78. The van der Waals surface area contributed by atoms with Crippen LogP contribution in [0, 0.1) is 23.5 Å². The van der Waals surface area contributed by atoms with Crippen molar-refractivity contribution >= 4 is 0 Å². The fourth-order valence-electron chi connectivity index (χ4n) is 3.72. The monoisotopic (exact) mass is 442 g/mol. The van der Waals surface area contributed by atoms with Crippen LogP contribution in [-0.4, -0.2) is 12.5 Å². The van der Waals surface area contributed by atoms with Crippen LogP contribution >= 0.6 is 0 Å². The molecule has 1 aromatic rings. The lowest BCUT2D eigenvalue weighted by molar-refractivity contribution is -0.276. The van der Waals surface area contributed by atoms with Crippen molar-refractivity contribution in [1.29, 1.82) is 0 Å². The van der Waals surface area contributed by atoms with E-state index in [1.165, 1.54) is 0 Å². The van der Waals surface area contributed by atoms with Gasteiger partial charge < -0.3 is 9.47 Å². The van der Waals surface area contributed by atoms with E-state index < -0.39 is 42.9 Å². The molecule has 1 saturated carbocycles. The minimum absolute atomic E-state index is 0.214. The Morgan fingerprint density at radius 3 is 2.07 bits per heavy atom. The van der Waals surface area contributed by atoms with Crippen LogP contribution < -0.4 is 4.74 Å². The van der Waals surface area contributed by atoms with Gasteiger partial charge in [0.15, 0.2) is 11.6 Å². The molecule has 9 heteroatoms. The highest BCUT2D eigenvalue weighted by atomic mass is 19.4. The first-order chi connectivity index (χ1) is 14.0. The van der Waals surface area contributed by atoms with Crippen molar-refractivity contribution in [1.82, 2.24) is 0 Å². The van der Waals surface area contributed by atoms with Crippen LogP contribution in [0.5, 0.6) is 5.75 Å². The summed E-state index contributed by atoms with van der Waals surface area (Å²) in [5.74, 6) is -4.62. The third-order valence-electron chi connectivity index (χ3n) is 5.20. The van der Waals surface area contributed by atoms with Gasteiger partial charge >= 0.3 is 12.5 Å². The molecule has 2 nitrogen and oxygen atoms in total. The second kappa shape index (κ2) is 10.5. The van der Waals surface area contributed by atoms with Crippen LogP contribution in [0.2, 0.25) is 0 Å². The molecule has 1 aliphatic rings. The minimum atomic E-state index is -5.28. The number of halogens is 7. The summed E-state index contributed by atoms with van der Waals surface area (Å²) >= 11 is 0. The fraction of sp³-hybridized carbons (Fsp3) is 0.619. The standard InChI is InChI=1S/C21H25F7O2/c1-2-3-4-5-14-6-8-15(9-7-14)12-20(24,25)29-13-16-10-17(22)19(18(23)11-16)30-21(26,27)28/h2-3,10-11,14-15H,4-9,12-13H2,1H3/b3-2+/t14-,15-. The van der Waals surface area contributed by atoms with E-state index in [1.54, 1.807) is 0 Å². The second-order valence-corrected chi connectivity index (χ2v) is 7.60. The largest absolute Gasteiger partial charge is 0.573 e. The Morgan fingerprint density at radius 2 is 1.53 bits per heavy atom. The molecule has 0 aromatic heterocycles. The summed E-state index contributed by atoms with van der Waals surface area (Å²) in [5, 5.41) is 0. The van der Waals surface area contributed by atoms with Gasteiger partial charge in [0.1, 0.15) is 0 Å². The van der Waals surface area contributed by atoms with Crippen molar-refractivity contribution in [2.75, 3.05) is 0 Å². The fourth-order valence-corrected chi connectivity index (χ4v) is 3.72. The highest BCUT2D eigenvalue weighted by Gasteiger charge is 2.36. The number of hydrogen-bond acceptors (Lipinski definition) is 2. The van der Waals surface area contributed by atoms with Gasteiger partial charge in [-0.25, -0.2) is 8.78 Å². The molecule has 170 valence electrons. The number of allylic oxidation sites excluding steroid dienone is 2. The SMILES string of the molecule is C/C=C/CC[C@H]1CC[C@H](CC(F)(F)OCc2cc(F)c(OC(F)(F)F)c(F)c2)CC1. The van der Waals surface area contributed by atoms with Gasteiger partial charge in [-0.15, -0.1) is 13.2 Å². The molecule has 0 unspecified atom stereocenters. The van der Waals surface area contributed by atoms with Crippen molar-refractivity contribution in [3.8, 4) is 5.75 Å². The van der Waals surface area contributed by atoms with Crippen molar-refractivity contribution in [2.24, 2.45) is 11.8 Å². The summed E-state index contributed by atoms with van der Waals surface area (Å²) in [6.07, 6.45) is -0.146. The molecule has 0 aliphatic heterocycles. The van der Waals surface area contributed by atoms with E-state index >= 15 is 0 Å². The molecule has 1 aromatic carbocycles. The Balaban J connectivity index is 1.85. The van der Waals surface area contributed by atoms with E-state index in [9.17, 15) is 30.7 Å². The third kappa shape index (κ3) is 8.16. The Kier molecular flexibility index (Phi) is 8.58. The normalized spacial score (nSPS) is 20.7. The third-order valence-corrected chi connectivity index (χ3v) is 5.20. The van der Waals surface area contributed by atoms with Crippen molar-refractivity contribution in [3.05, 3.63) is 41.5 Å². The van der Waals surface area contributed by atoms with Crippen LogP contribution in [-0.2, 0) is 11.3 Å². The van der Waals surface area contributed by atoms with Crippen LogP contribution in [0.25, 0.3) is 0 Å². The molecule has 0 atom stereocenters. The van der Waals surface area contributed by atoms with Crippen molar-refractivity contribution in [3.63, 3.8) is 0 Å². The van der Waals surface area contributed by atoms with Gasteiger partial charge in [-0.2, -0.15) is 8.78 Å². The molecule has 2 rings (SSSR count). The first-order valence-corrected chi connectivity index (χ1v) is 9.85. The van der Waals surface area contributed by atoms with Gasteiger partial charge in [0.2, 0.25) is 5.75 Å². The van der Waals surface area contributed by atoms with Gasteiger partial charge in [-0.1, -0.05) is 25.0 Å². The Hall–Kier alpha value is -1.77. The zero-order valence-electron chi connectivity index (χ0n) is 16.6. The zero-order valence-corrected chi connectivity index (χ0v) is 16.6. The average Bonchev–Trinajstić information content (AvgIpc) is 2.64. The molecule has 1 fully saturated rings. The van der Waals surface area contributed by atoms with Gasteiger partial charge in [0.25, 0.3) is 0 Å². The number of benzene rings is 1. The molecule has 0 saturated heterocycles. The van der Waals surface area contributed by atoms with Crippen LogP contribution in [0.4, 0.5) is 30.7 Å². The predicted octanol–water partition coefficient (Wildman–Crippen LogP) is 7.53. The molecule has 1 aliphatic carbocycles. The zero-order chi connectivity index (χ0) is 22.4. The first-order valence-electron chi connectivity index (χ1n) is 9.85. The van der Waals surface area contributed by atoms with E-state index in [0.29, 0.717) is 30.9 Å². The van der Waals surface area contributed by atoms with E-state index in [4.69, 9.17) is 0 Å². The van der Waals surface area contributed by atoms with E-state index in [-0.39, 0.29) is 11.5 Å². The topological polar surface area (TPSA) is 18.5 Å². The maximum Gasteiger partial charge on any atom is 0.573 e. The lowest BCUT2D eigenvalue weighted by Gasteiger charge is -2.30. The van der Waals surface area contributed by atoms with Crippen LogP contribution in [0.1, 0.15) is 57.4 Å². The number of rotatable bonds is 9. The highest BCUT2D eigenvalue weighted by molar-refractivity contribution is 5.31. The quantitative estimate of drug-likeness (QED) is 0.291. The van der Waals surface area contributed by atoms with Crippen LogP contribution in [0.3, 0.4) is 0 Å². The molecular weight excluding hydrogens is 417 g/mol. The first kappa shape index (κ1) is 24.5. The number of ether oxygens (including phenoxy) is 2. The molecule has 0 amide bonds. The number of hydrogen-bond donors (Lipinski definition) is 0. The Labute approximate surface area is 171 Å². The van der Waals surface area contributed by atoms with E-state index in [0.717, 1.165) is 25.7 Å². The summed E-state index contributed by atoms with van der Waals surface area (Å²) in [7, 11) is 0. The Bertz CT molecular complexity index is 685. The summed E-state index contributed by atoms with van der Waals surface area (Å²) in [4.78, 5) is 0. The average molecular weight is 442 g/mol. The summed E-state index contributed by atoms with van der Waals surface area (Å²) in [5.41, 5.74) is -0.355. The molecule has 30 heavy (non-hydrogen) atoms. The van der Waals surface area contributed by atoms with Gasteiger partial charge in [0, 0.05) is 6.42 Å². The Morgan fingerprint density at radius 1 is 0.967 bits per heavy atom. The van der Waals surface area contributed by atoms with Crippen molar-refractivity contribution in [2.45, 2.75) is 70.9 Å². The van der Waals surface area contributed by atoms with Crippen molar-refractivity contribution < 1.29 is 40.2 Å². The molecule has 0 heterocycles. The number of alkyl halides is 5. The second-order valence-electron chi connectivity index (χ2n) is 7.60. The maximum atomic E-state index is 14.2. The summed E-state index contributed by atoms with van der Waals surface area (Å²) < 4.78 is 99.9.